The van der Waals surface area contributed by atoms with Gasteiger partial charge >= 0.3 is 0 Å². The Hall–Kier alpha value is -2.05. The summed E-state index contributed by atoms with van der Waals surface area (Å²) in [6.45, 7) is 6.98. The monoisotopic (exact) mass is 361 g/mol. The predicted octanol–water partition coefficient (Wildman–Crippen LogP) is 3.62. The highest BCUT2D eigenvalue weighted by atomic mass is 32.2. The molecule has 0 saturated heterocycles. The molecule has 0 amide bonds. The number of hydrogen-bond acceptors (Lipinski definition) is 4. The van der Waals surface area contributed by atoms with Gasteiger partial charge in [-0.25, -0.2) is 13.1 Å². The summed E-state index contributed by atoms with van der Waals surface area (Å²) < 4.78 is 39.0. The van der Waals surface area contributed by atoms with Crippen LogP contribution in [0.15, 0.2) is 47.4 Å². The van der Waals surface area contributed by atoms with Crippen molar-refractivity contribution in [2.45, 2.75) is 37.6 Å². The molecule has 6 heteroatoms. The van der Waals surface area contributed by atoms with Gasteiger partial charge in [-0.3, -0.25) is 0 Å². The van der Waals surface area contributed by atoms with Crippen molar-refractivity contribution in [2.24, 2.45) is 0 Å². The van der Waals surface area contributed by atoms with Crippen LogP contribution in [0.4, 0.5) is 0 Å². The fourth-order valence-electron chi connectivity index (χ4n) is 2.73. The van der Waals surface area contributed by atoms with Crippen LogP contribution < -0.4 is 14.2 Å². The van der Waals surface area contributed by atoms with Crippen molar-refractivity contribution < 1.29 is 17.9 Å². The van der Waals surface area contributed by atoms with Gasteiger partial charge in [0.1, 0.15) is 13.2 Å². The maximum atomic E-state index is 12.7. The van der Waals surface area contributed by atoms with Gasteiger partial charge in [-0.05, 0) is 36.1 Å². The molecule has 0 radical (unpaired) electrons. The van der Waals surface area contributed by atoms with Crippen molar-refractivity contribution in [3.8, 4) is 11.5 Å². The van der Waals surface area contributed by atoms with Gasteiger partial charge in [0.2, 0.25) is 10.0 Å². The first-order chi connectivity index (χ1) is 11.9. The zero-order valence-corrected chi connectivity index (χ0v) is 15.5. The molecule has 2 aromatic carbocycles. The third-order valence-electron chi connectivity index (χ3n) is 4.26. The van der Waals surface area contributed by atoms with E-state index >= 15 is 0 Å². The molecular formula is C19H23NO4S. The number of ether oxygens (including phenoxy) is 2. The van der Waals surface area contributed by atoms with Crippen LogP contribution in [0.3, 0.4) is 0 Å². The lowest BCUT2D eigenvalue weighted by atomic mass is 10.00. The Balaban J connectivity index is 1.78. The average molecular weight is 361 g/mol. The van der Waals surface area contributed by atoms with Crippen molar-refractivity contribution in [3.63, 3.8) is 0 Å². The zero-order chi connectivity index (χ0) is 18.0. The molecule has 1 heterocycles. The lowest BCUT2D eigenvalue weighted by Crippen LogP contribution is -2.27. The molecule has 0 aliphatic carbocycles. The molecule has 1 aliphatic rings. The standard InChI is InChI=1S/C19H23NO4S/c1-13(2)15-4-6-16(7-5-15)14(3)20-25(21,22)17-8-9-18-19(12-17)24-11-10-23-18/h4-9,12-14,20H,10-11H2,1-3H3. The molecule has 0 bridgehead atoms. The smallest absolute Gasteiger partial charge is 0.241 e. The normalized spacial score (nSPS) is 15.2. The Labute approximate surface area is 149 Å². The van der Waals surface area contributed by atoms with E-state index in [4.69, 9.17) is 9.47 Å². The molecule has 3 rings (SSSR count). The molecule has 1 N–H and O–H groups in total. The second kappa shape index (κ2) is 7.06. The van der Waals surface area contributed by atoms with Crippen LogP contribution in [0.25, 0.3) is 0 Å². The maximum Gasteiger partial charge on any atom is 0.241 e. The molecule has 25 heavy (non-hydrogen) atoms. The maximum absolute atomic E-state index is 12.7. The summed E-state index contributed by atoms with van der Waals surface area (Å²) in [7, 11) is -3.65. The third-order valence-corrected chi connectivity index (χ3v) is 5.80. The van der Waals surface area contributed by atoms with Crippen molar-refractivity contribution in [1.29, 1.82) is 0 Å². The summed E-state index contributed by atoms with van der Waals surface area (Å²) in [5, 5.41) is 0. The third kappa shape index (κ3) is 3.96. The molecule has 2 aromatic rings. The van der Waals surface area contributed by atoms with Crippen LogP contribution in [0.1, 0.15) is 43.9 Å². The number of benzene rings is 2. The topological polar surface area (TPSA) is 64.6 Å². The first-order valence-corrected chi connectivity index (χ1v) is 9.87. The van der Waals surface area contributed by atoms with E-state index in [0.717, 1.165) is 5.56 Å². The molecule has 0 spiro atoms. The van der Waals surface area contributed by atoms with Crippen molar-refractivity contribution in [2.75, 3.05) is 13.2 Å². The van der Waals surface area contributed by atoms with Crippen molar-refractivity contribution in [3.05, 3.63) is 53.6 Å². The average Bonchev–Trinajstić information content (AvgIpc) is 2.61. The van der Waals surface area contributed by atoms with E-state index in [1.807, 2.05) is 31.2 Å². The summed E-state index contributed by atoms with van der Waals surface area (Å²) in [6, 6.07) is 12.3. The quantitative estimate of drug-likeness (QED) is 0.883. The summed E-state index contributed by atoms with van der Waals surface area (Å²) in [6.07, 6.45) is 0. The van der Waals surface area contributed by atoms with Crippen LogP contribution in [0.5, 0.6) is 11.5 Å². The molecule has 1 unspecified atom stereocenters. The van der Waals surface area contributed by atoms with Gasteiger partial charge in [0, 0.05) is 12.1 Å². The Morgan fingerprint density at radius 1 is 0.880 bits per heavy atom. The van der Waals surface area contributed by atoms with E-state index < -0.39 is 10.0 Å². The summed E-state index contributed by atoms with van der Waals surface area (Å²) in [5.74, 6) is 1.48. The number of hydrogen-bond donors (Lipinski definition) is 1. The number of rotatable bonds is 5. The fourth-order valence-corrected chi connectivity index (χ4v) is 3.98. The van der Waals surface area contributed by atoms with Gasteiger partial charge in [0.15, 0.2) is 11.5 Å². The second-order valence-corrected chi connectivity index (χ2v) is 8.18. The van der Waals surface area contributed by atoms with Gasteiger partial charge < -0.3 is 9.47 Å². The van der Waals surface area contributed by atoms with Gasteiger partial charge in [0.05, 0.1) is 4.90 Å². The van der Waals surface area contributed by atoms with E-state index in [0.29, 0.717) is 30.6 Å². The molecule has 134 valence electrons. The van der Waals surface area contributed by atoms with Gasteiger partial charge in [-0.2, -0.15) is 0 Å². The SMILES string of the molecule is CC(C)c1ccc(C(C)NS(=O)(=O)c2ccc3c(c2)OCCO3)cc1. The number of nitrogens with one attached hydrogen (secondary N) is 1. The van der Waals surface area contributed by atoms with E-state index in [-0.39, 0.29) is 10.9 Å². The van der Waals surface area contributed by atoms with Gasteiger partial charge in [0.25, 0.3) is 0 Å². The zero-order valence-electron chi connectivity index (χ0n) is 14.7. The summed E-state index contributed by atoms with van der Waals surface area (Å²) in [4.78, 5) is 0.169. The second-order valence-electron chi connectivity index (χ2n) is 6.47. The minimum Gasteiger partial charge on any atom is -0.486 e. The highest BCUT2D eigenvalue weighted by Crippen LogP contribution is 2.32. The molecular weight excluding hydrogens is 338 g/mol. The predicted molar refractivity (Wildman–Crippen MR) is 96.7 cm³/mol. The first-order valence-electron chi connectivity index (χ1n) is 8.38. The van der Waals surface area contributed by atoms with Crippen LogP contribution >= 0.6 is 0 Å². The highest BCUT2D eigenvalue weighted by Gasteiger charge is 2.21. The van der Waals surface area contributed by atoms with Crippen LogP contribution in [0, 0.1) is 0 Å². The van der Waals surface area contributed by atoms with Gasteiger partial charge in [-0.1, -0.05) is 38.1 Å². The van der Waals surface area contributed by atoms with Crippen molar-refractivity contribution in [1.82, 2.24) is 4.72 Å². The molecule has 0 saturated carbocycles. The lowest BCUT2D eigenvalue weighted by Gasteiger charge is -2.20. The molecule has 0 fully saturated rings. The van der Waals surface area contributed by atoms with Crippen LogP contribution in [-0.2, 0) is 10.0 Å². The lowest BCUT2D eigenvalue weighted by molar-refractivity contribution is 0.171. The largest absolute Gasteiger partial charge is 0.486 e. The highest BCUT2D eigenvalue weighted by molar-refractivity contribution is 7.89. The molecule has 0 aromatic heterocycles. The minimum atomic E-state index is -3.65. The molecule has 1 atom stereocenters. The van der Waals surface area contributed by atoms with Crippen LogP contribution in [0.2, 0.25) is 0 Å². The Morgan fingerprint density at radius 3 is 2.12 bits per heavy atom. The minimum absolute atomic E-state index is 0.169. The van der Waals surface area contributed by atoms with Gasteiger partial charge in [-0.15, -0.1) is 0 Å². The first kappa shape index (κ1) is 17.8. The Morgan fingerprint density at radius 2 is 1.48 bits per heavy atom. The van der Waals surface area contributed by atoms with E-state index in [9.17, 15) is 8.42 Å². The van der Waals surface area contributed by atoms with E-state index in [1.165, 1.54) is 17.7 Å². The van der Waals surface area contributed by atoms with E-state index in [2.05, 4.69) is 18.6 Å². The summed E-state index contributed by atoms with van der Waals surface area (Å²) in [5.41, 5.74) is 2.15. The number of sulfonamides is 1. The van der Waals surface area contributed by atoms with Crippen LogP contribution in [-0.4, -0.2) is 21.6 Å². The fraction of sp³-hybridized carbons (Fsp3) is 0.368. The Kier molecular flexibility index (Phi) is 5.01. The summed E-state index contributed by atoms with van der Waals surface area (Å²) >= 11 is 0. The van der Waals surface area contributed by atoms with Crippen molar-refractivity contribution >= 4 is 10.0 Å². The Bertz CT molecular complexity index is 844. The number of fused-ring (bicyclic) bond motifs is 1. The molecule has 5 nitrogen and oxygen atoms in total. The van der Waals surface area contributed by atoms with E-state index in [1.54, 1.807) is 6.07 Å². The molecule has 1 aliphatic heterocycles.